The van der Waals surface area contributed by atoms with Crippen LogP contribution in [0.4, 0.5) is 5.69 Å². The summed E-state index contributed by atoms with van der Waals surface area (Å²) in [6, 6.07) is 10.6. The molecule has 2 rings (SSSR count). The first kappa shape index (κ1) is 22.0. The fraction of sp³-hybridized carbons (Fsp3) is 0.348. The second-order valence-electron chi connectivity index (χ2n) is 7.74. The summed E-state index contributed by atoms with van der Waals surface area (Å²) in [6.45, 7) is 9.19. The number of carbonyl (C=O) groups excluding carboxylic acids is 2. The van der Waals surface area contributed by atoms with Crippen LogP contribution in [0.1, 0.15) is 41.2 Å². The van der Waals surface area contributed by atoms with Crippen molar-refractivity contribution in [2.75, 3.05) is 19.4 Å². The number of nitrogens with one attached hydrogen (secondary N) is 1. The number of rotatable bonds is 6. The number of hydrogen-bond donors (Lipinski definition) is 1. The zero-order chi connectivity index (χ0) is 21.7. The van der Waals surface area contributed by atoms with Gasteiger partial charge in [-0.2, -0.15) is 5.26 Å². The predicted molar refractivity (Wildman–Crippen MR) is 115 cm³/mol. The Balaban J connectivity index is 2.27. The predicted octanol–water partition coefficient (Wildman–Crippen LogP) is 4.01. The highest BCUT2D eigenvalue weighted by molar-refractivity contribution is 6.10. The molecule has 0 fully saturated rings. The van der Waals surface area contributed by atoms with E-state index in [2.05, 4.69) is 23.7 Å². The molecule has 0 spiro atoms. The Kier molecular flexibility index (Phi) is 7.00. The molecule has 0 aliphatic carbocycles. The Hall–Kier alpha value is -3.33. The third-order valence-corrected chi connectivity index (χ3v) is 4.60. The van der Waals surface area contributed by atoms with E-state index >= 15 is 0 Å². The van der Waals surface area contributed by atoms with Crippen LogP contribution in [0, 0.1) is 31.1 Å². The Morgan fingerprint density at radius 2 is 1.93 bits per heavy atom. The van der Waals surface area contributed by atoms with Crippen LogP contribution in [0.25, 0.3) is 6.08 Å². The van der Waals surface area contributed by atoms with Crippen LogP contribution < -0.4 is 5.32 Å². The van der Waals surface area contributed by atoms with Crippen LogP contribution in [-0.2, 0) is 11.3 Å². The summed E-state index contributed by atoms with van der Waals surface area (Å²) in [5.74, 6) is -0.169. The van der Waals surface area contributed by atoms with Crippen molar-refractivity contribution in [3.63, 3.8) is 0 Å². The minimum atomic E-state index is -0.504. The number of hydrogen-bond acceptors (Lipinski definition) is 3. The Morgan fingerprint density at radius 3 is 2.52 bits per heavy atom. The molecule has 1 N–H and O–H groups in total. The summed E-state index contributed by atoms with van der Waals surface area (Å²) in [6.07, 6.45) is 1.61. The second-order valence-corrected chi connectivity index (χ2v) is 7.74. The largest absolute Gasteiger partial charge is 0.348 e. The van der Waals surface area contributed by atoms with Crippen molar-refractivity contribution in [1.82, 2.24) is 9.47 Å². The highest BCUT2D eigenvalue weighted by Gasteiger charge is 2.15. The second kappa shape index (κ2) is 9.24. The monoisotopic (exact) mass is 392 g/mol. The van der Waals surface area contributed by atoms with Gasteiger partial charge in [-0.1, -0.05) is 19.9 Å². The van der Waals surface area contributed by atoms with Crippen LogP contribution in [0.5, 0.6) is 0 Å². The summed E-state index contributed by atoms with van der Waals surface area (Å²) in [7, 11) is 3.33. The maximum absolute atomic E-state index is 12.6. The van der Waals surface area contributed by atoms with Gasteiger partial charge in [0.05, 0.1) is 0 Å². The van der Waals surface area contributed by atoms with Gasteiger partial charge in [0.25, 0.3) is 11.8 Å². The molecule has 0 aliphatic rings. The van der Waals surface area contributed by atoms with Crippen molar-refractivity contribution in [3.05, 3.63) is 58.4 Å². The van der Waals surface area contributed by atoms with Crippen molar-refractivity contribution < 1.29 is 9.59 Å². The van der Waals surface area contributed by atoms with Gasteiger partial charge >= 0.3 is 0 Å². The fourth-order valence-electron chi connectivity index (χ4n) is 3.11. The number of aromatic nitrogens is 1. The summed E-state index contributed by atoms with van der Waals surface area (Å²) in [5, 5.41) is 12.2. The standard InChI is InChI=1S/C23H28N4O2/c1-15(2)14-27-16(3)10-19(17(27)4)11-20(13-24)22(28)25-21-9-7-8-18(12-21)23(29)26(5)6/h7-12,15H,14H2,1-6H3,(H,25,28)/b20-11+. The lowest BCUT2D eigenvalue weighted by Gasteiger charge is -2.12. The Bertz CT molecular complexity index is 991. The van der Waals surface area contributed by atoms with Gasteiger partial charge in [-0.3, -0.25) is 9.59 Å². The summed E-state index contributed by atoms with van der Waals surface area (Å²) in [4.78, 5) is 26.2. The molecular formula is C23H28N4O2. The van der Waals surface area contributed by atoms with E-state index in [4.69, 9.17) is 0 Å². The van der Waals surface area contributed by atoms with E-state index in [9.17, 15) is 14.9 Å². The van der Waals surface area contributed by atoms with Crippen molar-refractivity contribution in [2.45, 2.75) is 34.2 Å². The molecule has 0 saturated heterocycles. The quantitative estimate of drug-likeness (QED) is 0.596. The van der Waals surface area contributed by atoms with E-state index < -0.39 is 5.91 Å². The highest BCUT2D eigenvalue weighted by atomic mass is 16.2. The van der Waals surface area contributed by atoms with Gasteiger partial charge in [0.15, 0.2) is 0 Å². The normalized spacial score (nSPS) is 11.3. The van der Waals surface area contributed by atoms with Crippen LogP contribution in [0.15, 0.2) is 35.9 Å². The first-order valence-corrected chi connectivity index (χ1v) is 9.55. The molecular weight excluding hydrogens is 364 g/mol. The van der Waals surface area contributed by atoms with Crippen LogP contribution >= 0.6 is 0 Å². The average Bonchev–Trinajstić information content (AvgIpc) is 2.92. The van der Waals surface area contributed by atoms with E-state index in [1.54, 1.807) is 44.4 Å². The van der Waals surface area contributed by atoms with Crippen molar-refractivity contribution in [2.24, 2.45) is 5.92 Å². The molecule has 1 heterocycles. The van der Waals surface area contributed by atoms with Crippen LogP contribution in [0.2, 0.25) is 0 Å². The van der Waals surface area contributed by atoms with Crippen molar-refractivity contribution >= 4 is 23.6 Å². The zero-order valence-corrected chi connectivity index (χ0v) is 17.9. The van der Waals surface area contributed by atoms with Gasteiger partial charge in [0.1, 0.15) is 11.6 Å². The molecule has 0 bridgehead atoms. The van der Waals surface area contributed by atoms with Gasteiger partial charge < -0.3 is 14.8 Å². The van der Waals surface area contributed by atoms with Crippen molar-refractivity contribution in [3.8, 4) is 6.07 Å². The maximum Gasteiger partial charge on any atom is 0.266 e. The van der Waals surface area contributed by atoms with E-state index in [-0.39, 0.29) is 11.5 Å². The molecule has 0 unspecified atom stereocenters. The number of nitriles is 1. The molecule has 2 amide bonds. The van der Waals surface area contributed by atoms with Crippen LogP contribution in [-0.4, -0.2) is 35.4 Å². The van der Waals surface area contributed by atoms with Gasteiger partial charge in [0, 0.05) is 43.3 Å². The highest BCUT2D eigenvalue weighted by Crippen LogP contribution is 2.20. The maximum atomic E-state index is 12.6. The molecule has 29 heavy (non-hydrogen) atoms. The van der Waals surface area contributed by atoms with Gasteiger partial charge in [-0.25, -0.2) is 0 Å². The number of amides is 2. The molecule has 6 nitrogen and oxygen atoms in total. The summed E-state index contributed by atoms with van der Waals surface area (Å²) >= 11 is 0. The molecule has 1 aromatic heterocycles. The number of aryl methyl sites for hydroxylation is 1. The Labute approximate surface area is 172 Å². The summed E-state index contributed by atoms with van der Waals surface area (Å²) in [5.41, 5.74) is 3.91. The van der Waals surface area contributed by atoms with Crippen LogP contribution in [0.3, 0.4) is 0 Å². The molecule has 6 heteroatoms. The smallest absolute Gasteiger partial charge is 0.266 e. The lowest BCUT2D eigenvalue weighted by atomic mass is 10.1. The minimum absolute atomic E-state index is 0.0131. The topological polar surface area (TPSA) is 78.1 Å². The van der Waals surface area contributed by atoms with E-state index in [1.807, 2.05) is 26.0 Å². The number of nitrogens with zero attached hydrogens (tertiary/aromatic N) is 3. The number of anilines is 1. The molecule has 1 aromatic carbocycles. The molecule has 0 saturated carbocycles. The lowest BCUT2D eigenvalue weighted by molar-refractivity contribution is -0.112. The van der Waals surface area contributed by atoms with Gasteiger partial charge in [0.2, 0.25) is 0 Å². The minimum Gasteiger partial charge on any atom is -0.348 e. The van der Waals surface area contributed by atoms with E-state index in [0.29, 0.717) is 17.2 Å². The average molecular weight is 393 g/mol. The van der Waals surface area contributed by atoms with Crippen molar-refractivity contribution in [1.29, 1.82) is 5.26 Å². The lowest BCUT2D eigenvalue weighted by Crippen LogP contribution is -2.22. The molecule has 152 valence electrons. The fourth-order valence-corrected chi connectivity index (χ4v) is 3.11. The van der Waals surface area contributed by atoms with Gasteiger partial charge in [-0.15, -0.1) is 0 Å². The molecule has 0 radical (unpaired) electrons. The van der Waals surface area contributed by atoms with E-state index in [1.165, 1.54) is 4.90 Å². The first-order valence-electron chi connectivity index (χ1n) is 9.55. The third-order valence-electron chi connectivity index (χ3n) is 4.60. The molecule has 0 aliphatic heterocycles. The number of benzene rings is 1. The SMILES string of the molecule is Cc1cc(/C=C(\C#N)C(=O)Nc2cccc(C(=O)N(C)C)c2)c(C)n1CC(C)C. The zero-order valence-electron chi connectivity index (χ0n) is 17.9. The molecule has 2 aromatic rings. The third kappa shape index (κ3) is 5.35. The van der Waals surface area contributed by atoms with Gasteiger partial charge in [-0.05, 0) is 55.7 Å². The molecule has 0 atom stereocenters. The number of carbonyl (C=O) groups is 2. The first-order chi connectivity index (χ1) is 13.6. The summed E-state index contributed by atoms with van der Waals surface area (Å²) < 4.78 is 2.19. The Morgan fingerprint density at radius 1 is 1.24 bits per heavy atom. The van der Waals surface area contributed by atoms with E-state index in [0.717, 1.165) is 23.5 Å².